The van der Waals surface area contributed by atoms with Crippen molar-refractivity contribution in [3.8, 4) is 6.07 Å². The molecule has 2 N–H and O–H groups in total. The van der Waals surface area contributed by atoms with E-state index in [0.29, 0.717) is 36.3 Å². The number of nitrogens with one attached hydrogen (secondary N) is 2. The molecule has 4 heterocycles. The summed E-state index contributed by atoms with van der Waals surface area (Å²) in [6.45, 7) is 5.32. The summed E-state index contributed by atoms with van der Waals surface area (Å²) in [6.07, 6.45) is 8.23. The number of hydrogen-bond acceptors (Lipinski definition) is 8. The standard InChI is InChI=1S/C23H31N9/c1-4-17-12-16(13-18(5-2)32(17)11-7-9-24)27-22-19-8-6-10-25-20(19)14-21(28-22)29-23-26-15-31(3)30-23/h6,8,10,14-18H,4-5,7,11-13H2,1-3H3,(H2,27,28,29,30). The molecule has 0 spiro atoms. The molecule has 0 bridgehead atoms. The minimum atomic E-state index is 0.308. The quantitative estimate of drug-likeness (QED) is 0.552. The highest BCUT2D eigenvalue weighted by atomic mass is 15.4. The lowest BCUT2D eigenvalue weighted by molar-refractivity contribution is 0.0735. The molecule has 9 nitrogen and oxygen atoms in total. The summed E-state index contributed by atoms with van der Waals surface area (Å²) in [7, 11) is 1.83. The molecule has 3 aromatic rings. The van der Waals surface area contributed by atoms with Crippen LogP contribution in [-0.2, 0) is 7.05 Å². The number of hydrogen-bond donors (Lipinski definition) is 2. The minimum Gasteiger partial charge on any atom is -0.367 e. The van der Waals surface area contributed by atoms with E-state index in [9.17, 15) is 0 Å². The first kappa shape index (κ1) is 22.0. The van der Waals surface area contributed by atoms with E-state index < -0.39 is 0 Å². The minimum absolute atomic E-state index is 0.308. The van der Waals surface area contributed by atoms with Crippen LogP contribution in [-0.4, -0.2) is 54.3 Å². The largest absolute Gasteiger partial charge is 0.367 e. The Morgan fingerprint density at radius 3 is 2.62 bits per heavy atom. The van der Waals surface area contributed by atoms with Gasteiger partial charge in [0.15, 0.2) is 0 Å². The van der Waals surface area contributed by atoms with Gasteiger partial charge in [0.05, 0.1) is 11.6 Å². The monoisotopic (exact) mass is 433 g/mol. The van der Waals surface area contributed by atoms with Crippen LogP contribution in [0, 0.1) is 11.3 Å². The van der Waals surface area contributed by atoms with Crippen LogP contribution < -0.4 is 10.6 Å². The maximum atomic E-state index is 9.08. The number of piperidine rings is 1. The van der Waals surface area contributed by atoms with Crippen molar-refractivity contribution in [1.29, 1.82) is 5.26 Å². The zero-order chi connectivity index (χ0) is 22.5. The first-order valence-electron chi connectivity index (χ1n) is 11.4. The van der Waals surface area contributed by atoms with E-state index in [-0.39, 0.29) is 0 Å². The van der Waals surface area contributed by atoms with Crippen LogP contribution in [0.3, 0.4) is 0 Å². The Labute approximate surface area is 188 Å². The number of nitriles is 1. The van der Waals surface area contributed by atoms with E-state index in [1.807, 2.05) is 19.2 Å². The Kier molecular flexibility index (Phi) is 6.81. The Balaban J connectivity index is 1.59. The predicted molar refractivity (Wildman–Crippen MR) is 126 cm³/mol. The second-order valence-corrected chi connectivity index (χ2v) is 8.38. The highest BCUT2D eigenvalue weighted by Gasteiger charge is 2.33. The fourth-order valence-electron chi connectivity index (χ4n) is 4.74. The van der Waals surface area contributed by atoms with E-state index in [2.05, 4.69) is 56.6 Å². The Hall–Kier alpha value is -3.25. The lowest BCUT2D eigenvalue weighted by Crippen LogP contribution is -2.52. The Morgan fingerprint density at radius 2 is 1.97 bits per heavy atom. The van der Waals surface area contributed by atoms with Crippen molar-refractivity contribution in [1.82, 2.24) is 29.6 Å². The van der Waals surface area contributed by atoms with Crippen molar-refractivity contribution >= 4 is 28.5 Å². The molecule has 1 fully saturated rings. The third-order valence-electron chi connectivity index (χ3n) is 6.26. The fourth-order valence-corrected chi connectivity index (χ4v) is 4.74. The van der Waals surface area contributed by atoms with Gasteiger partial charge in [-0.3, -0.25) is 14.6 Å². The Bertz CT molecular complexity index is 1070. The molecule has 1 aliphatic rings. The Morgan fingerprint density at radius 1 is 1.19 bits per heavy atom. The average molecular weight is 434 g/mol. The summed E-state index contributed by atoms with van der Waals surface area (Å²) >= 11 is 0. The van der Waals surface area contributed by atoms with Gasteiger partial charge < -0.3 is 10.6 Å². The van der Waals surface area contributed by atoms with Crippen molar-refractivity contribution in [2.75, 3.05) is 17.2 Å². The van der Waals surface area contributed by atoms with Gasteiger partial charge in [-0.15, -0.1) is 5.10 Å². The fraction of sp³-hybridized carbons (Fsp3) is 0.522. The van der Waals surface area contributed by atoms with Gasteiger partial charge >= 0.3 is 0 Å². The molecular formula is C23H31N9. The molecule has 0 radical (unpaired) electrons. The van der Waals surface area contributed by atoms with Gasteiger partial charge in [0.1, 0.15) is 18.0 Å². The zero-order valence-corrected chi connectivity index (χ0v) is 19.0. The zero-order valence-electron chi connectivity index (χ0n) is 19.0. The molecule has 9 heteroatoms. The molecule has 2 atom stereocenters. The van der Waals surface area contributed by atoms with Crippen LogP contribution in [0.15, 0.2) is 30.7 Å². The molecule has 0 amide bonds. The van der Waals surface area contributed by atoms with Gasteiger partial charge in [0.25, 0.3) is 0 Å². The van der Waals surface area contributed by atoms with Crippen LogP contribution >= 0.6 is 0 Å². The smallest absolute Gasteiger partial charge is 0.247 e. The van der Waals surface area contributed by atoms with Crippen molar-refractivity contribution < 1.29 is 0 Å². The normalized spacial score (nSPS) is 21.4. The molecule has 0 aromatic carbocycles. The lowest BCUT2D eigenvalue weighted by Gasteiger charge is -2.45. The van der Waals surface area contributed by atoms with E-state index >= 15 is 0 Å². The summed E-state index contributed by atoms with van der Waals surface area (Å²) in [6, 6.07) is 9.46. The number of fused-ring (bicyclic) bond motifs is 1. The number of rotatable bonds is 8. The molecule has 4 rings (SSSR count). The number of aryl methyl sites for hydroxylation is 1. The second kappa shape index (κ2) is 9.92. The summed E-state index contributed by atoms with van der Waals surface area (Å²) in [5, 5.41) is 21.3. The number of pyridine rings is 2. The first-order chi connectivity index (χ1) is 15.6. The van der Waals surface area contributed by atoms with Crippen LogP contribution in [0.2, 0.25) is 0 Å². The second-order valence-electron chi connectivity index (χ2n) is 8.38. The van der Waals surface area contributed by atoms with Gasteiger partial charge in [-0.2, -0.15) is 5.26 Å². The SMILES string of the molecule is CCC1CC(Nc2nc(Nc3ncn(C)n3)cc3ncccc23)CC(CC)N1CCC#N. The maximum absolute atomic E-state index is 9.08. The first-order valence-corrected chi connectivity index (χ1v) is 11.4. The molecule has 1 saturated heterocycles. The van der Waals surface area contributed by atoms with Crippen molar-refractivity contribution in [2.24, 2.45) is 7.05 Å². The summed E-state index contributed by atoms with van der Waals surface area (Å²) in [4.78, 5) is 16.2. The van der Waals surface area contributed by atoms with Crippen LogP contribution in [0.5, 0.6) is 0 Å². The lowest BCUT2D eigenvalue weighted by atomic mass is 9.88. The van der Waals surface area contributed by atoms with Crippen molar-refractivity contribution in [3.63, 3.8) is 0 Å². The van der Waals surface area contributed by atoms with E-state index in [0.717, 1.165) is 48.9 Å². The summed E-state index contributed by atoms with van der Waals surface area (Å²) < 4.78 is 1.65. The average Bonchev–Trinajstić information content (AvgIpc) is 3.21. The third-order valence-corrected chi connectivity index (χ3v) is 6.26. The van der Waals surface area contributed by atoms with Gasteiger partial charge in [-0.25, -0.2) is 9.97 Å². The molecule has 0 saturated carbocycles. The highest BCUT2D eigenvalue weighted by molar-refractivity contribution is 5.91. The van der Waals surface area contributed by atoms with E-state index in [4.69, 9.17) is 10.2 Å². The predicted octanol–water partition coefficient (Wildman–Crippen LogP) is 3.85. The van der Waals surface area contributed by atoms with Gasteiger partial charge in [-0.1, -0.05) is 13.8 Å². The topological polar surface area (TPSA) is 108 Å². The molecular weight excluding hydrogens is 402 g/mol. The molecule has 0 aliphatic carbocycles. The molecule has 3 aromatic heterocycles. The van der Waals surface area contributed by atoms with Crippen molar-refractivity contribution in [3.05, 3.63) is 30.7 Å². The van der Waals surface area contributed by atoms with E-state index in [1.165, 1.54) is 0 Å². The maximum Gasteiger partial charge on any atom is 0.247 e. The van der Waals surface area contributed by atoms with Crippen LogP contribution in [0.1, 0.15) is 46.0 Å². The molecule has 1 aliphatic heterocycles. The summed E-state index contributed by atoms with van der Waals surface area (Å²) in [5.41, 5.74) is 0.869. The highest BCUT2D eigenvalue weighted by Crippen LogP contribution is 2.31. The van der Waals surface area contributed by atoms with Crippen LogP contribution in [0.25, 0.3) is 10.9 Å². The number of aromatic nitrogens is 5. The van der Waals surface area contributed by atoms with Gasteiger partial charge in [-0.05, 0) is 37.8 Å². The molecule has 32 heavy (non-hydrogen) atoms. The third kappa shape index (κ3) is 4.81. The number of anilines is 3. The van der Waals surface area contributed by atoms with Crippen molar-refractivity contribution in [2.45, 2.75) is 64.1 Å². The number of nitrogens with zero attached hydrogens (tertiary/aromatic N) is 7. The molecule has 2 unspecified atom stereocenters. The van der Waals surface area contributed by atoms with Crippen LogP contribution in [0.4, 0.5) is 17.6 Å². The summed E-state index contributed by atoms with van der Waals surface area (Å²) in [5.74, 6) is 1.99. The van der Waals surface area contributed by atoms with Gasteiger partial charge in [0.2, 0.25) is 5.95 Å². The van der Waals surface area contributed by atoms with E-state index in [1.54, 1.807) is 17.2 Å². The van der Waals surface area contributed by atoms with Gasteiger partial charge in [0, 0.05) is 55.8 Å². The molecule has 168 valence electrons. The number of likely N-dealkylation sites (tertiary alicyclic amines) is 1.